The highest BCUT2D eigenvalue weighted by atomic mass is 35.5. The molecule has 0 spiro atoms. The SMILES string of the molecule is COc1cc(F)cc2scc(Cl)c12. The second-order valence-corrected chi connectivity index (χ2v) is 3.88. The standard InChI is InChI=1S/C9H6ClFOS/c1-12-7-2-5(11)3-8-9(7)6(10)4-13-8/h2-4H,1H3. The van der Waals surface area contributed by atoms with Crippen molar-refractivity contribution >= 4 is 33.0 Å². The highest BCUT2D eigenvalue weighted by molar-refractivity contribution is 7.17. The number of rotatable bonds is 1. The lowest BCUT2D eigenvalue weighted by atomic mass is 10.2. The van der Waals surface area contributed by atoms with Crippen molar-refractivity contribution in [3.8, 4) is 5.75 Å². The van der Waals surface area contributed by atoms with E-state index in [9.17, 15) is 4.39 Å². The molecule has 68 valence electrons. The molecule has 0 N–H and O–H groups in total. The number of hydrogen-bond donors (Lipinski definition) is 0. The Kier molecular flexibility index (Phi) is 2.14. The van der Waals surface area contributed by atoms with Gasteiger partial charge in [0, 0.05) is 16.1 Å². The van der Waals surface area contributed by atoms with E-state index in [0.29, 0.717) is 10.8 Å². The normalized spacial score (nSPS) is 10.7. The first-order chi connectivity index (χ1) is 6.22. The Bertz CT molecular complexity index is 452. The molecule has 0 bridgehead atoms. The summed E-state index contributed by atoms with van der Waals surface area (Å²) in [5, 5.41) is 3.17. The molecule has 1 nitrogen and oxygen atoms in total. The molecule has 0 amide bonds. The maximum atomic E-state index is 13.0. The lowest BCUT2D eigenvalue weighted by Gasteiger charge is -2.01. The third-order valence-corrected chi connectivity index (χ3v) is 3.14. The summed E-state index contributed by atoms with van der Waals surface area (Å²) in [5.74, 6) is 0.184. The molecule has 2 aromatic rings. The molecular formula is C9H6ClFOS. The molecule has 0 aliphatic carbocycles. The highest BCUT2D eigenvalue weighted by Gasteiger charge is 2.09. The van der Waals surface area contributed by atoms with Crippen LogP contribution in [0.1, 0.15) is 0 Å². The lowest BCUT2D eigenvalue weighted by Crippen LogP contribution is -1.84. The van der Waals surface area contributed by atoms with E-state index in [1.165, 1.54) is 30.6 Å². The average molecular weight is 217 g/mol. The molecule has 0 aliphatic rings. The molecule has 1 heterocycles. The van der Waals surface area contributed by atoms with Crippen molar-refractivity contribution in [2.45, 2.75) is 0 Å². The summed E-state index contributed by atoms with van der Waals surface area (Å²) >= 11 is 7.32. The van der Waals surface area contributed by atoms with E-state index < -0.39 is 0 Å². The predicted octanol–water partition coefficient (Wildman–Crippen LogP) is 3.70. The molecule has 0 atom stereocenters. The van der Waals surface area contributed by atoms with Gasteiger partial charge in [-0.25, -0.2) is 4.39 Å². The van der Waals surface area contributed by atoms with Crippen LogP contribution in [0, 0.1) is 5.82 Å². The summed E-state index contributed by atoms with van der Waals surface area (Å²) < 4.78 is 18.8. The zero-order valence-electron chi connectivity index (χ0n) is 6.80. The van der Waals surface area contributed by atoms with Crippen LogP contribution < -0.4 is 4.74 Å². The molecular weight excluding hydrogens is 211 g/mol. The van der Waals surface area contributed by atoms with Crippen LogP contribution in [0.3, 0.4) is 0 Å². The summed E-state index contributed by atoms with van der Waals surface area (Å²) in [6.07, 6.45) is 0. The molecule has 1 aromatic heterocycles. The number of thiophene rings is 1. The van der Waals surface area contributed by atoms with Gasteiger partial charge in [0.25, 0.3) is 0 Å². The van der Waals surface area contributed by atoms with Crippen molar-refractivity contribution in [3.63, 3.8) is 0 Å². The Hall–Kier alpha value is -0.800. The third kappa shape index (κ3) is 1.38. The van der Waals surface area contributed by atoms with Crippen LogP contribution in [0.4, 0.5) is 4.39 Å². The van der Waals surface area contributed by atoms with Gasteiger partial charge in [0.1, 0.15) is 11.6 Å². The first kappa shape index (κ1) is 8.78. The molecule has 1 aromatic carbocycles. The first-order valence-electron chi connectivity index (χ1n) is 3.62. The second kappa shape index (κ2) is 3.16. The topological polar surface area (TPSA) is 9.23 Å². The molecule has 0 radical (unpaired) electrons. The number of halogens is 2. The van der Waals surface area contributed by atoms with Crippen molar-refractivity contribution in [1.82, 2.24) is 0 Å². The predicted molar refractivity (Wildman–Crippen MR) is 53.3 cm³/mol. The maximum absolute atomic E-state index is 13.0. The van der Waals surface area contributed by atoms with Crippen LogP contribution in [-0.2, 0) is 0 Å². The molecule has 0 saturated heterocycles. The van der Waals surface area contributed by atoms with Crippen LogP contribution in [-0.4, -0.2) is 7.11 Å². The van der Waals surface area contributed by atoms with Gasteiger partial charge in [-0.15, -0.1) is 11.3 Å². The number of methoxy groups -OCH3 is 1. The van der Waals surface area contributed by atoms with E-state index >= 15 is 0 Å². The second-order valence-electron chi connectivity index (χ2n) is 2.56. The van der Waals surface area contributed by atoms with Crippen molar-refractivity contribution in [3.05, 3.63) is 28.4 Å². The summed E-state index contributed by atoms with van der Waals surface area (Å²) in [6.45, 7) is 0. The summed E-state index contributed by atoms with van der Waals surface area (Å²) in [5.41, 5.74) is 0. The molecule has 2 rings (SSSR count). The number of hydrogen-bond acceptors (Lipinski definition) is 2. The number of benzene rings is 1. The minimum atomic E-state index is -0.303. The minimum absolute atomic E-state index is 0.303. The van der Waals surface area contributed by atoms with Crippen LogP contribution in [0.25, 0.3) is 10.1 Å². The van der Waals surface area contributed by atoms with E-state index in [1.54, 1.807) is 5.38 Å². The Morgan fingerprint density at radius 3 is 2.92 bits per heavy atom. The van der Waals surface area contributed by atoms with Gasteiger partial charge in [-0.05, 0) is 6.07 Å². The molecule has 13 heavy (non-hydrogen) atoms. The average Bonchev–Trinajstić information content (AvgIpc) is 2.46. The van der Waals surface area contributed by atoms with Crippen molar-refractivity contribution in [1.29, 1.82) is 0 Å². The van der Waals surface area contributed by atoms with Gasteiger partial charge in [-0.1, -0.05) is 11.6 Å². The fourth-order valence-corrected chi connectivity index (χ4v) is 2.46. The van der Waals surface area contributed by atoms with E-state index in [-0.39, 0.29) is 5.82 Å². The van der Waals surface area contributed by atoms with Gasteiger partial charge in [0.2, 0.25) is 0 Å². The van der Waals surface area contributed by atoms with Crippen LogP contribution in [0.2, 0.25) is 5.02 Å². The van der Waals surface area contributed by atoms with Crippen LogP contribution >= 0.6 is 22.9 Å². The van der Waals surface area contributed by atoms with Gasteiger partial charge in [-0.2, -0.15) is 0 Å². The van der Waals surface area contributed by atoms with Gasteiger partial charge in [-0.3, -0.25) is 0 Å². The minimum Gasteiger partial charge on any atom is -0.496 e. The molecule has 0 aliphatic heterocycles. The zero-order valence-corrected chi connectivity index (χ0v) is 8.38. The van der Waals surface area contributed by atoms with Crippen molar-refractivity contribution in [2.75, 3.05) is 7.11 Å². The lowest BCUT2D eigenvalue weighted by molar-refractivity contribution is 0.416. The summed E-state index contributed by atoms with van der Waals surface area (Å²) in [7, 11) is 1.50. The zero-order chi connectivity index (χ0) is 9.42. The number of ether oxygens (including phenoxy) is 1. The Balaban J connectivity index is 2.85. The maximum Gasteiger partial charge on any atom is 0.131 e. The molecule has 0 saturated carbocycles. The summed E-state index contributed by atoms with van der Waals surface area (Å²) in [6, 6.07) is 2.79. The fraction of sp³-hybridized carbons (Fsp3) is 0.111. The van der Waals surface area contributed by atoms with Gasteiger partial charge in [0.15, 0.2) is 0 Å². The van der Waals surface area contributed by atoms with Gasteiger partial charge in [0.05, 0.1) is 17.5 Å². The van der Waals surface area contributed by atoms with Crippen LogP contribution in [0.15, 0.2) is 17.5 Å². The van der Waals surface area contributed by atoms with E-state index in [0.717, 1.165) is 10.1 Å². The Morgan fingerprint density at radius 2 is 2.23 bits per heavy atom. The largest absolute Gasteiger partial charge is 0.496 e. The Labute approximate surface area is 83.7 Å². The fourth-order valence-electron chi connectivity index (χ4n) is 1.22. The quantitative estimate of drug-likeness (QED) is 0.706. The third-order valence-electron chi connectivity index (χ3n) is 1.78. The van der Waals surface area contributed by atoms with Gasteiger partial charge >= 0.3 is 0 Å². The monoisotopic (exact) mass is 216 g/mol. The highest BCUT2D eigenvalue weighted by Crippen LogP contribution is 2.37. The smallest absolute Gasteiger partial charge is 0.131 e. The molecule has 4 heteroatoms. The Morgan fingerprint density at radius 1 is 1.46 bits per heavy atom. The van der Waals surface area contributed by atoms with Crippen molar-refractivity contribution < 1.29 is 9.13 Å². The molecule has 0 fully saturated rings. The summed E-state index contributed by atoms with van der Waals surface area (Å²) in [4.78, 5) is 0. The van der Waals surface area contributed by atoms with E-state index in [4.69, 9.17) is 16.3 Å². The van der Waals surface area contributed by atoms with Gasteiger partial charge < -0.3 is 4.74 Å². The van der Waals surface area contributed by atoms with Crippen LogP contribution in [0.5, 0.6) is 5.75 Å². The van der Waals surface area contributed by atoms with Crippen molar-refractivity contribution in [2.24, 2.45) is 0 Å². The van der Waals surface area contributed by atoms with E-state index in [2.05, 4.69) is 0 Å². The number of fused-ring (bicyclic) bond motifs is 1. The van der Waals surface area contributed by atoms with E-state index in [1.807, 2.05) is 0 Å². The molecule has 0 unspecified atom stereocenters. The first-order valence-corrected chi connectivity index (χ1v) is 4.88.